The smallest absolute Gasteiger partial charge is 0.163 e. The fourth-order valence-corrected chi connectivity index (χ4v) is 1.34. The molecule has 0 amide bonds. The summed E-state index contributed by atoms with van der Waals surface area (Å²) in [4.78, 5) is 11.4. The van der Waals surface area contributed by atoms with E-state index >= 15 is 0 Å². The van der Waals surface area contributed by atoms with Gasteiger partial charge in [0.1, 0.15) is 18.1 Å². The Balaban J connectivity index is 2.89. The first-order valence-corrected chi connectivity index (χ1v) is 5.58. The van der Waals surface area contributed by atoms with Gasteiger partial charge in [-0.1, -0.05) is 6.92 Å². The first-order chi connectivity index (χ1) is 8.08. The highest BCUT2D eigenvalue weighted by molar-refractivity contribution is 5.97. The number of carbonyl (C=O) groups is 1. The summed E-state index contributed by atoms with van der Waals surface area (Å²) < 4.78 is 10.5. The van der Waals surface area contributed by atoms with Crippen LogP contribution in [0.15, 0.2) is 18.2 Å². The third-order valence-electron chi connectivity index (χ3n) is 2.47. The molecule has 0 radical (unpaired) electrons. The Kier molecular flexibility index (Phi) is 4.97. The van der Waals surface area contributed by atoms with Crippen LogP contribution in [0, 0.1) is 0 Å². The minimum atomic E-state index is -0.527. The summed E-state index contributed by atoms with van der Waals surface area (Å²) in [5, 5.41) is 9.43. The number of Topliss-reactive ketones (excluding diaryl/α,β-unsaturated/α-hetero) is 1. The van der Waals surface area contributed by atoms with Crippen LogP contribution in [-0.2, 0) is 0 Å². The van der Waals surface area contributed by atoms with E-state index in [0.29, 0.717) is 23.5 Å². The summed E-state index contributed by atoms with van der Waals surface area (Å²) in [6.07, 6.45) is 0.0836. The first-order valence-electron chi connectivity index (χ1n) is 5.58. The molecule has 4 heteroatoms. The number of benzene rings is 1. The Hall–Kier alpha value is -1.55. The van der Waals surface area contributed by atoms with Crippen molar-refractivity contribution in [1.82, 2.24) is 0 Å². The van der Waals surface area contributed by atoms with Crippen LogP contribution in [0.5, 0.6) is 11.5 Å². The molecule has 1 N–H and O–H groups in total. The second kappa shape index (κ2) is 6.25. The lowest BCUT2D eigenvalue weighted by Gasteiger charge is -2.13. The van der Waals surface area contributed by atoms with Gasteiger partial charge in [-0.05, 0) is 25.5 Å². The number of carbonyl (C=O) groups excluding carboxylic acids is 1. The van der Waals surface area contributed by atoms with Gasteiger partial charge < -0.3 is 14.6 Å². The van der Waals surface area contributed by atoms with Gasteiger partial charge in [-0.2, -0.15) is 0 Å². The van der Waals surface area contributed by atoms with Crippen molar-refractivity contribution in [3.05, 3.63) is 23.8 Å². The van der Waals surface area contributed by atoms with Crippen molar-refractivity contribution < 1.29 is 19.4 Å². The fraction of sp³-hybridized carbons (Fsp3) is 0.462. The standard InChI is InChI=1S/C13H18O4/c1-4-10(15)8-17-13-7-11(16-3)5-6-12(13)9(2)14/h5-7,10,15H,4,8H2,1-3H3. The van der Waals surface area contributed by atoms with Crippen molar-refractivity contribution in [1.29, 1.82) is 0 Å². The number of methoxy groups -OCH3 is 1. The van der Waals surface area contributed by atoms with Gasteiger partial charge in [-0.15, -0.1) is 0 Å². The monoisotopic (exact) mass is 238 g/mol. The molecule has 17 heavy (non-hydrogen) atoms. The molecule has 0 aliphatic heterocycles. The first kappa shape index (κ1) is 13.5. The van der Waals surface area contributed by atoms with Gasteiger partial charge in [0.05, 0.1) is 18.8 Å². The molecule has 1 atom stereocenters. The molecular formula is C13H18O4. The van der Waals surface area contributed by atoms with Crippen molar-refractivity contribution >= 4 is 5.78 Å². The van der Waals surface area contributed by atoms with E-state index in [1.54, 1.807) is 25.3 Å². The summed E-state index contributed by atoms with van der Waals surface area (Å²) in [7, 11) is 1.55. The summed E-state index contributed by atoms with van der Waals surface area (Å²) >= 11 is 0. The van der Waals surface area contributed by atoms with Gasteiger partial charge in [0.15, 0.2) is 5.78 Å². The van der Waals surface area contributed by atoms with Gasteiger partial charge in [-0.25, -0.2) is 0 Å². The van der Waals surface area contributed by atoms with E-state index in [-0.39, 0.29) is 12.4 Å². The molecule has 0 fully saturated rings. The van der Waals surface area contributed by atoms with Gasteiger partial charge >= 0.3 is 0 Å². The van der Waals surface area contributed by atoms with Gasteiger partial charge in [0, 0.05) is 6.07 Å². The van der Waals surface area contributed by atoms with Crippen LogP contribution in [0.2, 0.25) is 0 Å². The van der Waals surface area contributed by atoms with Gasteiger partial charge in [-0.3, -0.25) is 4.79 Å². The molecule has 0 spiro atoms. The van der Waals surface area contributed by atoms with Crippen molar-refractivity contribution in [2.75, 3.05) is 13.7 Å². The molecule has 1 unspecified atom stereocenters. The molecule has 0 saturated heterocycles. The molecule has 94 valence electrons. The number of ether oxygens (including phenoxy) is 2. The normalized spacial score (nSPS) is 12.0. The quantitative estimate of drug-likeness (QED) is 0.771. The molecular weight excluding hydrogens is 220 g/mol. The summed E-state index contributed by atoms with van der Waals surface area (Å²) in [6, 6.07) is 5.02. The van der Waals surface area contributed by atoms with E-state index in [1.807, 2.05) is 6.92 Å². The lowest BCUT2D eigenvalue weighted by Crippen LogP contribution is -2.17. The minimum absolute atomic E-state index is 0.0753. The number of aliphatic hydroxyl groups excluding tert-OH is 1. The zero-order valence-corrected chi connectivity index (χ0v) is 10.4. The molecule has 1 aromatic rings. The number of aliphatic hydroxyl groups is 1. The highest BCUT2D eigenvalue weighted by atomic mass is 16.5. The SMILES string of the molecule is CCC(O)COc1cc(OC)ccc1C(C)=O. The van der Waals surface area contributed by atoms with Crippen LogP contribution in [0.4, 0.5) is 0 Å². The average Bonchev–Trinajstić information content (AvgIpc) is 2.35. The zero-order chi connectivity index (χ0) is 12.8. The molecule has 1 rings (SSSR count). The Bertz CT molecular complexity index is 387. The highest BCUT2D eigenvalue weighted by Gasteiger charge is 2.11. The Morgan fingerprint density at radius 2 is 2.18 bits per heavy atom. The molecule has 0 heterocycles. The lowest BCUT2D eigenvalue weighted by atomic mass is 10.1. The molecule has 0 bridgehead atoms. The maximum atomic E-state index is 11.4. The third kappa shape index (κ3) is 3.75. The predicted molar refractivity (Wildman–Crippen MR) is 64.8 cm³/mol. The Morgan fingerprint density at radius 1 is 1.47 bits per heavy atom. The maximum absolute atomic E-state index is 11.4. The number of ketones is 1. The van der Waals surface area contributed by atoms with E-state index in [9.17, 15) is 9.90 Å². The van der Waals surface area contributed by atoms with Crippen molar-refractivity contribution in [2.45, 2.75) is 26.4 Å². The van der Waals surface area contributed by atoms with Gasteiger partial charge in [0.25, 0.3) is 0 Å². The fourth-order valence-electron chi connectivity index (χ4n) is 1.34. The second-order valence-electron chi connectivity index (χ2n) is 3.79. The number of rotatable bonds is 6. The van der Waals surface area contributed by atoms with Crippen molar-refractivity contribution in [2.24, 2.45) is 0 Å². The average molecular weight is 238 g/mol. The highest BCUT2D eigenvalue weighted by Crippen LogP contribution is 2.25. The summed E-state index contributed by atoms with van der Waals surface area (Å²) in [5.74, 6) is 0.994. The summed E-state index contributed by atoms with van der Waals surface area (Å²) in [6.45, 7) is 3.51. The number of hydrogen-bond acceptors (Lipinski definition) is 4. The molecule has 0 aliphatic rings. The topological polar surface area (TPSA) is 55.8 Å². The lowest BCUT2D eigenvalue weighted by molar-refractivity contribution is 0.0965. The predicted octanol–water partition coefficient (Wildman–Crippen LogP) is 2.05. The van der Waals surface area contributed by atoms with Crippen LogP contribution in [0.25, 0.3) is 0 Å². The molecule has 0 aliphatic carbocycles. The molecule has 0 aromatic heterocycles. The third-order valence-corrected chi connectivity index (χ3v) is 2.47. The van der Waals surface area contributed by atoms with Crippen LogP contribution < -0.4 is 9.47 Å². The van der Waals surface area contributed by atoms with Crippen LogP contribution >= 0.6 is 0 Å². The van der Waals surface area contributed by atoms with Crippen LogP contribution in [0.1, 0.15) is 30.6 Å². The van der Waals surface area contributed by atoms with Crippen molar-refractivity contribution in [3.63, 3.8) is 0 Å². The molecule has 4 nitrogen and oxygen atoms in total. The molecule has 1 aromatic carbocycles. The van der Waals surface area contributed by atoms with E-state index in [4.69, 9.17) is 9.47 Å². The Morgan fingerprint density at radius 3 is 2.71 bits per heavy atom. The largest absolute Gasteiger partial charge is 0.497 e. The molecule has 0 saturated carbocycles. The minimum Gasteiger partial charge on any atom is -0.497 e. The van der Waals surface area contributed by atoms with E-state index < -0.39 is 6.10 Å². The maximum Gasteiger partial charge on any atom is 0.163 e. The summed E-state index contributed by atoms with van der Waals surface area (Å²) in [5.41, 5.74) is 0.495. The van der Waals surface area contributed by atoms with Crippen LogP contribution in [0.3, 0.4) is 0 Å². The van der Waals surface area contributed by atoms with E-state index in [1.165, 1.54) is 6.92 Å². The van der Waals surface area contributed by atoms with E-state index in [0.717, 1.165) is 0 Å². The Labute approximate surface area is 101 Å². The van der Waals surface area contributed by atoms with Crippen molar-refractivity contribution in [3.8, 4) is 11.5 Å². The van der Waals surface area contributed by atoms with Crippen LogP contribution in [-0.4, -0.2) is 30.7 Å². The second-order valence-corrected chi connectivity index (χ2v) is 3.79. The zero-order valence-electron chi connectivity index (χ0n) is 10.4. The van der Waals surface area contributed by atoms with E-state index in [2.05, 4.69) is 0 Å². The van der Waals surface area contributed by atoms with Gasteiger partial charge in [0.2, 0.25) is 0 Å². The number of hydrogen-bond donors (Lipinski definition) is 1.